The van der Waals surface area contributed by atoms with Crippen molar-refractivity contribution >= 4 is 7.32 Å². The SMILES string of the molecule is CCCCN(CCCC)CCCC.CCCCN(CCCC)CCCC.Cc1ccccc1OB(O)O. The molecule has 1 aromatic rings. The Kier molecular flexibility index (Phi) is 30.3. The highest BCUT2D eigenvalue weighted by atomic mass is 16.6. The van der Waals surface area contributed by atoms with Crippen LogP contribution in [0.1, 0.15) is 124 Å². The molecule has 0 amide bonds. The number of benzene rings is 1. The molecule has 0 saturated carbocycles. The maximum absolute atomic E-state index is 8.46. The molecule has 5 nitrogen and oxygen atoms in total. The summed E-state index contributed by atoms with van der Waals surface area (Å²) in [4.78, 5) is 5.27. The van der Waals surface area contributed by atoms with Gasteiger partial charge in [-0.15, -0.1) is 0 Å². The monoisotopic (exact) mass is 522 g/mol. The van der Waals surface area contributed by atoms with Crippen LogP contribution in [0.3, 0.4) is 0 Å². The van der Waals surface area contributed by atoms with Crippen molar-refractivity contribution in [3.63, 3.8) is 0 Å². The standard InChI is InChI=1S/2C12H27N.C7H9BO3/c2*1-4-7-10-13(11-8-5-2)12-9-6-3;1-6-4-2-3-5-7(6)11-8(9)10/h2*4-12H2,1-3H3;2-5,9-10H,1H3. The lowest BCUT2D eigenvalue weighted by Crippen LogP contribution is -2.27. The molecule has 0 aromatic heterocycles. The smallest absolute Gasteiger partial charge is 0.512 e. The zero-order valence-corrected chi connectivity index (χ0v) is 25.8. The summed E-state index contributed by atoms with van der Waals surface area (Å²) in [7, 11) is -1.74. The summed E-state index contributed by atoms with van der Waals surface area (Å²) in [5.41, 5.74) is 0.876. The molecule has 218 valence electrons. The molecule has 6 heteroatoms. The summed E-state index contributed by atoms with van der Waals surface area (Å²) in [6.45, 7) is 23.4. The van der Waals surface area contributed by atoms with Crippen LogP contribution >= 0.6 is 0 Å². The topological polar surface area (TPSA) is 56.2 Å². The number of rotatable bonds is 20. The van der Waals surface area contributed by atoms with E-state index >= 15 is 0 Å². The zero-order valence-electron chi connectivity index (χ0n) is 25.8. The second-order valence-corrected chi connectivity index (χ2v) is 10.0. The molecule has 0 heterocycles. The van der Waals surface area contributed by atoms with E-state index in [-0.39, 0.29) is 0 Å². The minimum absolute atomic E-state index is 0.488. The molecule has 37 heavy (non-hydrogen) atoms. The fourth-order valence-corrected chi connectivity index (χ4v) is 3.76. The van der Waals surface area contributed by atoms with Crippen LogP contribution in [0.5, 0.6) is 5.75 Å². The molecule has 0 radical (unpaired) electrons. The van der Waals surface area contributed by atoms with E-state index in [1.54, 1.807) is 12.1 Å². The average Bonchev–Trinajstić information content (AvgIpc) is 2.89. The van der Waals surface area contributed by atoms with Gasteiger partial charge >= 0.3 is 7.32 Å². The minimum Gasteiger partial charge on any atom is -0.512 e. The fourth-order valence-electron chi connectivity index (χ4n) is 3.76. The van der Waals surface area contributed by atoms with E-state index in [1.165, 1.54) is 116 Å². The number of para-hydroxylation sites is 1. The number of nitrogens with zero attached hydrogens (tertiary/aromatic N) is 2. The molecule has 0 bridgehead atoms. The van der Waals surface area contributed by atoms with E-state index < -0.39 is 7.32 Å². The highest BCUT2D eigenvalue weighted by Gasteiger charge is 2.11. The summed E-state index contributed by atoms with van der Waals surface area (Å²) in [5.74, 6) is 0.488. The van der Waals surface area contributed by atoms with Gasteiger partial charge in [-0.3, -0.25) is 0 Å². The average molecular weight is 523 g/mol. The van der Waals surface area contributed by atoms with Crippen molar-refractivity contribution in [2.45, 2.75) is 126 Å². The van der Waals surface area contributed by atoms with Gasteiger partial charge in [0.15, 0.2) is 0 Å². The highest BCUT2D eigenvalue weighted by Crippen LogP contribution is 2.15. The number of unbranched alkanes of at least 4 members (excludes halogenated alkanes) is 6. The predicted octanol–water partition coefficient (Wildman–Crippen LogP) is 7.72. The maximum Gasteiger partial charge on any atom is 0.707 e. The first-order valence-corrected chi connectivity index (χ1v) is 15.4. The van der Waals surface area contributed by atoms with Crippen LogP contribution in [0.15, 0.2) is 24.3 Å². The molecule has 0 unspecified atom stereocenters. The van der Waals surface area contributed by atoms with Gasteiger partial charge in [-0.25, -0.2) is 0 Å². The van der Waals surface area contributed by atoms with Crippen LogP contribution in [0.4, 0.5) is 0 Å². The van der Waals surface area contributed by atoms with Crippen molar-refractivity contribution in [2.24, 2.45) is 0 Å². The normalized spacial score (nSPS) is 10.6. The van der Waals surface area contributed by atoms with Crippen molar-refractivity contribution in [2.75, 3.05) is 39.3 Å². The minimum atomic E-state index is -1.74. The van der Waals surface area contributed by atoms with E-state index in [1.807, 2.05) is 19.1 Å². The third-order valence-electron chi connectivity index (χ3n) is 6.29. The lowest BCUT2D eigenvalue weighted by Gasteiger charge is -2.21. The highest BCUT2D eigenvalue weighted by molar-refractivity contribution is 6.33. The first-order valence-electron chi connectivity index (χ1n) is 15.4. The maximum atomic E-state index is 8.46. The first kappa shape index (κ1) is 38.1. The summed E-state index contributed by atoms with van der Waals surface area (Å²) >= 11 is 0. The summed E-state index contributed by atoms with van der Waals surface area (Å²) < 4.78 is 4.66. The first-order chi connectivity index (χ1) is 17.9. The van der Waals surface area contributed by atoms with Crippen LogP contribution in [0, 0.1) is 6.92 Å². The van der Waals surface area contributed by atoms with Gasteiger partial charge in [0.1, 0.15) is 5.75 Å². The Bertz CT molecular complexity index is 513. The van der Waals surface area contributed by atoms with Gasteiger partial charge in [-0.1, -0.05) is 98.3 Å². The van der Waals surface area contributed by atoms with Crippen LogP contribution in [0.2, 0.25) is 0 Å². The molecule has 0 aliphatic rings. The quantitative estimate of drug-likeness (QED) is 0.172. The summed E-state index contributed by atoms with van der Waals surface area (Å²) in [6, 6.07) is 7.13. The number of hydrogen-bond donors (Lipinski definition) is 2. The Morgan fingerprint density at radius 1 is 0.568 bits per heavy atom. The van der Waals surface area contributed by atoms with Crippen molar-refractivity contribution in [3.05, 3.63) is 29.8 Å². The van der Waals surface area contributed by atoms with Crippen molar-refractivity contribution in [1.82, 2.24) is 9.80 Å². The molecule has 2 N–H and O–H groups in total. The predicted molar refractivity (Wildman–Crippen MR) is 164 cm³/mol. The molecule has 0 aliphatic heterocycles. The third-order valence-corrected chi connectivity index (χ3v) is 6.29. The van der Waals surface area contributed by atoms with Crippen LogP contribution in [-0.2, 0) is 0 Å². The van der Waals surface area contributed by atoms with Gasteiger partial charge in [0.05, 0.1) is 0 Å². The van der Waals surface area contributed by atoms with Gasteiger partial charge in [-0.2, -0.15) is 0 Å². The Hall–Kier alpha value is -1.08. The van der Waals surface area contributed by atoms with E-state index in [2.05, 4.69) is 56.0 Å². The van der Waals surface area contributed by atoms with Crippen molar-refractivity contribution in [3.8, 4) is 5.75 Å². The van der Waals surface area contributed by atoms with Crippen LogP contribution < -0.4 is 4.65 Å². The molecule has 0 aliphatic carbocycles. The second kappa shape index (κ2) is 29.5. The van der Waals surface area contributed by atoms with E-state index in [0.717, 1.165) is 5.56 Å². The van der Waals surface area contributed by atoms with Crippen LogP contribution in [-0.4, -0.2) is 66.4 Å². The van der Waals surface area contributed by atoms with Crippen LogP contribution in [0.25, 0.3) is 0 Å². The van der Waals surface area contributed by atoms with Gasteiger partial charge in [-0.05, 0) is 96.3 Å². The molecule has 0 spiro atoms. The Morgan fingerprint density at radius 2 is 0.865 bits per heavy atom. The van der Waals surface area contributed by atoms with E-state index in [4.69, 9.17) is 10.0 Å². The van der Waals surface area contributed by atoms with E-state index in [9.17, 15) is 0 Å². The molecule has 0 atom stereocenters. The molecular weight excluding hydrogens is 459 g/mol. The fraction of sp³-hybridized carbons (Fsp3) is 0.806. The molecular formula is C31H63BN2O3. The number of aryl methyl sites for hydroxylation is 1. The lowest BCUT2D eigenvalue weighted by molar-refractivity contribution is 0.261. The van der Waals surface area contributed by atoms with Gasteiger partial charge < -0.3 is 24.5 Å². The molecule has 1 rings (SSSR count). The zero-order chi connectivity index (χ0) is 28.2. The largest absolute Gasteiger partial charge is 0.707 e. The molecule has 0 fully saturated rings. The number of hydrogen-bond acceptors (Lipinski definition) is 5. The second-order valence-electron chi connectivity index (χ2n) is 10.0. The molecule has 1 aromatic carbocycles. The van der Waals surface area contributed by atoms with Gasteiger partial charge in [0, 0.05) is 0 Å². The molecule has 0 saturated heterocycles. The third kappa shape index (κ3) is 26.3. The summed E-state index contributed by atoms with van der Waals surface area (Å²) in [6.07, 6.45) is 16.2. The Morgan fingerprint density at radius 3 is 1.11 bits per heavy atom. The Labute approximate surface area is 232 Å². The van der Waals surface area contributed by atoms with E-state index in [0.29, 0.717) is 5.75 Å². The van der Waals surface area contributed by atoms with Gasteiger partial charge in [0.25, 0.3) is 0 Å². The van der Waals surface area contributed by atoms with Crippen molar-refractivity contribution < 1.29 is 14.7 Å². The Balaban J connectivity index is 0. The van der Waals surface area contributed by atoms with Gasteiger partial charge in [0.2, 0.25) is 0 Å². The lowest BCUT2D eigenvalue weighted by atomic mass is 10.2. The summed E-state index contributed by atoms with van der Waals surface area (Å²) in [5, 5.41) is 16.9. The van der Waals surface area contributed by atoms with Crippen molar-refractivity contribution in [1.29, 1.82) is 0 Å².